The number of allylic oxidation sites excluding steroid dienone is 1. The summed E-state index contributed by atoms with van der Waals surface area (Å²) in [6.45, 7) is 1.99. The van der Waals surface area contributed by atoms with Crippen molar-refractivity contribution in [1.82, 2.24) is 0 Å². The van der Waals surface area contributed by atoms with E-state index in [0.717, 1.165) is 16.9 Å². The number of halogens is 1. The van der Waals surface area contributed by atoms with Gasteiger partial charge in [-0.15, -0.1) is 0 Å². The first-order chi connectivity index (χ1) is 8.28. The molecule has 0 unspecified atom stereocenters. The SMILES string of the molecule is C/C=C/c1ccc(Nc2ccc(F)cc2)cc1. The lowest BCUT2D eigenvalue weighted by molar-refractivity contribution is 0.628. The molecule has 0 atom stereocenters. The van der Waals surface area contributed by atoms with Gasteiger partial charge >= 0.3 is 0 Å². The lowest BCUT2D eigenvalue weighted by Crippen LogP contribution is -1.89. The molecule has 86 valence electrons. The predicted octanol–water partition coefficient (Wildman–Crippen LogP) is 4.60. The fourth-order valence-electron chi connectivity index (χ4n) is 1.57. The van der Waals surface area contributed by atoms with Gasteiger partial charge in [0.1, 0.15) is 5.82 Å². The molecule has 0 aliphatic rings. The summed E-state index contributed by atoms with van der Waals surface area (Å²) in [5.41, 5.74) is 3.03. The number of anilines is 2. The van der Waals surface area contributed by atoms with E-state index >= 15 is 0 Å². The summed E-state index contributed by atoms with van der Waals surface area (Å²) in [6, 6.07) is 14.4. The van der Waals surface area contributed by atoms with Crippen LogP contribution < -0.4 is 5.32 Å². The Bertz CT molecular complexity index is 497. The lowest BCUT2D eigenvalue weighted by Gasteiger charge is -2.06. The van der Waals surface area contributed by atoms with Crippen LogP contribution in [-0.4, -0.2) is 0 Å². The van der Waals surface area contributed by atoms with Gasteiger partial charge in [-0.2, -0.15) is 0 Å². The summed E-state index contributed by atoms with van der Waals surface area (Å²) in [5.74, 6) is -0.223. The highest BCUT2D eigenvalue weighted by molar-refractivity contribution is 5.62. The molecule has 17 heavy (non-hydrogen) atoms. The minimum absolute atomic E-state index is 0.223. The number of nitrogens with one attached hydrogen (secondary N) is 1. The van der Waals surface area contributed by atoms with Crippen LogP contribution in [0.4, 0.5) is 15.8 Å². The van der Waals surface area contributed by atoms with E-state index in [2.05, 4.69) is 5.32 Å². The molecule has 0 saturated heterocycles. The van der Waals surface area contributed by atoms with E-state index in [4.69, 9.17) is 0 Å². The van der Waals surface area contributed by atoms with Gasteiger partial charge in [0.15, 0.2) is 0 Å². The molecule has 2 heteroatoms. The molecule has 1 N–H and O–H groups in total. The van der Waals surface area contributed by atoms with Crippen LogP contribution >= 0.6 is 0 Å². The summed E-state index contributed by atoms with van der Waals surface area (Å²) in [7, 11) is 0. The van der Waals surface area contributed by atoms with Crippen molar-refractivity contribution in [2.45, 2.75) is 6.92 Å². The van der Waals surface area contributed by atoms with Crippen molar-refractivity contribution in [1.29, 1.82) is 0 Å². The maximum Gasteiger partial charge on any atom is 0.123 e. The lowest BCUT2D eigenvalue weighted by atomic mass is 10.2. The second-order valence-corrected chi connectivity index (χ2v) is 3.75. The van der Waals surface area contributed by atoms with Crippen molar-refractivity contribution in [2.75, 3.05) is 5.32 Å². The normalized spacial score (nSPS) is 10.7. The monoisotopic (exact) mass is 227 g/mol. The number of benzene rings is 2. The van der Waals surface area contributed by atoms with Crippen LogP contribution in [0, 0.1) is 5.82 Å². The highest BCUT2D eigenvalue weighted by Crippen LogP contribution is 2.17. The van der Waals surface area contributed by atoms with Crippen LogP contribution in [0.2, 0.25) is 0 Å². The molecule has 2 aromatic carbocycles. The molecule has 0 aliphatic carbocycles. The van der Waals surface area contributed by atoms with Crippen LogP contribution in [0.5, 0.6) is 0 Å². The zero-order valence-electron chi connectivity index (χ0n) is 9.65. The van der Waals surface area contributed by atoms with E-state index in [9.17, 15) is 4.39 Å². The Labute approximate surface area is 101 Å². The third-order valence-corrected chi connectivity index (χ3v) is 2.40. The van der Waals surface area contributed by atoms with Crippen LogP contribution in [-0.2, 0) is 0 Å². The molecule has 0 saturated carbocycles. The van der Waals surface area contributed by atoms with E-state index in [1.165, 1.54) is 12.1 Å². The largest absolute Gasteiger partial charge is 0.356 e. The Balaban J connectivity index is 2.11. The fraction of sp³-hybridized carbons (Fsp3) is 0.0667. The molecule has 0 fully saturated rings. The molecule has 0 aromatic heterocycles. The molecule has 0 aliphatic heterocycles. The highest BCUT2D eigenvalue weighted by atomic mass is 19.1. The molecule has 0 spiro atoms. The maximum absolute atomic E-state index is 12.7. The molecule has 0 amide bonds. The van der Waals surface area contributed by atoms with Crippen LogP contribution in [0.15, 0.2) is 54.6 Å². The number of rotatable bonds is 3. The highest BCUT2D eigenvalue weighted by Gasteiger charge is 1.95. The maximum atomic E-state index is 12.7. The number of hydrogen-bond acceptors (Lipinski definition) is 1. The van der Waals surface area contributed by atoms with E-state index in [1.807, 2.05) is 43.3 Å². The van der Waals surface area contributed by atoms with Gasteiger partial charge in [-0.1, -0.05) is 24.3 Å². The topological polar surface area (TPSA) is 12.0 Å². The van der Waals surface area contributed by atoms with Gasteiger partial charge in [0.2, 0.25) is 0 Å². The Morgan fingerprint density at radius 3 is 1.94 bits per heavy atom. The van der Waals surface area contributed by atoms with E-state index in [1.54, 1.807) is 12.1 Å². The Morgan fingerprint density at radius 2 is 1.41 bits per heavy atom. The van der Waals surface area contributed by atoms with Crippen molar-refractivity contribution in [2.24, 2.45) is 0 Å². The van der Waals surface area contributed by atoms with Gasteiger partial charge in [-0.3, -0.25) is 0 Å². The first-order valence-corrected chi connectivity index (χ1v) is 5.53. The molecule has 2 aromatic rings. The summed E-state index contributed by atoms with van der Waals surface area (Å²) < 4.78 is 12.7. The summed E-state index contributed by atoms with van der Waals surface area (Å²) in [6.07, 6.45) is 4.05. The molecule has 1 nitrogen and oxygen atoms in total. The smallest absolute Gasteiger partial charge is 0.123 e. The molecule has 0 bridgehead atoms. The zero-order valence-corrected chi connectivity index (χ0v) is 9.65. The van der Waals surface area contributed by atoms with E-state index in [-0.39, 0.29) is 5.82 Å². The Morgan fingerprint density at radius 1 is 0.882 bits per heavy atom. The van der Waals surface area contributed by atoms with Gasteiger partial charge in [-0.05, 0) is 48.9 Å². The van der Waals surface area contributed by atoms with Crippen LogP contribution in [0.25, 0.3) is 6.08 Å². The summed E-state index contributed by atoms with van der Waals surface area (Å²) >= 11 is 0. The van der Waals surface area contributed by atoms with Gasteiger partial charge < -0.3 is 5.32 Å². The summed E-state index contributed by atoms with van der Waals surface area (Å²) in [4.78, 5) is 0. The second-order valence-electron chi connectivity index (χ2n) is 3.75. The van der Waals surface area contributed by atoms with Crippen LogP contribution in [0.1, 0.15) is 12.5 Å². The van der Waals surface area contributed by atoms with Crippen molar-refractivity contribution in [3.63, 3.8) is 0 Å². The molecule has 0 heterocycles. The van der Waals surface area contributed by atoms with Crippen molar-refractivity contribution in [3.05, 3.63) is 66.0 Å². The molecular formula is C15H14FN. The first-order valence-electron chi connectivity index (χ1n) is 5.53. The Kier molecular flexibility index (Phi) is 3.55. The minimum Gasteiger partial charge on any atom is -0.356 e. The molecule has 0 radical (unpaired) electrons. The number of hydrogen-bond donors (Lipinski definition) is 1. The van der Waals surface area contributed by atoms with Gasteiger partial charge in [0.25, 0.3) is 0 Å². The van der Waals surface area contributed by atoms with Gasteiger partial charge in [0, 0.05) is 11.4 Å². The van der Waals surface area contributed by atoms with Gasteiger partial charge in [0.05, 0.1) is 0 Å². The quantitative estimate of drug-likeness (QED) is 0.807. The second kappa shape index (κ2) is 5.30. The van der Waals surface area contributed by atoms with E-state index < -0.39 is 0 Å². The van der Waals surface area contributed by atoms with Crippen molar-refractivity contribution in [3.8, 4) is 0 Å². The van der Waals surface area contributed by atoms with Crippen molar-refractivity contribution < 1.29 is 4.39 Å². The average molecular weight is 227 g/mol. The summed E-state index contributed by atoms with van der Waals surface area (Å²) in [5, 5.41) is 3.21. The Hall–Kier alpha value is -2.09. The average Bonchev–Trinajstić information content (AvgIpc) is 2.35. The molecule has 2 rings (SSSR count). The predicted molar refractivity (Wildman–Crippen MR) is 70.8 cm³/mol. The zero-order chi connectivity index (χ0) is 12.1. The third-order valence-electron chi connectivity index (χ3n) is 2.40. The standard InChI is InChI=1S/C15H14FN/c1-2-3-12-4-8-14(9-5-12)17-15-10-6-13(16)7-11-15/h2-11,17H,1H3/b3-2+. The van der Waals surface area contributed by atoms with Gasteiger partial charge in [-0.25, -0.2) is 4.39 Å². The first kappa shape index (κ1) is 11.4. The van der Waals surface area contributed by atoms with Crippen LogP contribution in [0.3, 0.4) is 0 Å². The fourth-order valence-corrected chi connectivity index (χ4v) is 1.57. The van der Waals surface area contributed by atoms with E-state index in [0.29, 0.717) is 0 Å². The minimum atomic E-state index is -0.223. The van der Waals surface area contributed by atoms with Crippen molar-refractivity contribution >= 4 is 17.5 Å². The third kappa shape index (κ3) is 3.18. The molecular weight excluding hydrogens is 213 g/mol.